The molecule has 1 aliphatic heterocycles. The molecule has 0 saturated carbocycles. The van der Waals surface area contributed by atoms with Gasteiger partial charge < -0.3 is 9.47 Å². The number of benzene rings is 2. The summed E-state index contributed by atoms with van der Waals surface area (Å²) in [6.07, 6.45) is 2.54. The first-order valence-electron chi connectivity index (χ1n) is 10.6. The van der Waals surface area contributed by atoms with Crippen LogP contribution in [0.25, 0.3) is 0 Å². The van der Waals surface area contributed by atoms with Crippen molar-refractivity contribution in [1.82, 2.24) is 4.31 Å². The molecule has 0 amide bonds. The lowest BCUT2D eigenvalue weighted by Crippen LogP contribution is -2.42. The predicted octanol–water partition coefficient (Wildman–Crippen LogP) is 3.91. The number of carbonyl (C=O) groups is 2. The smallest absolute Gasteiger partial charge is 0.338 e. The van der Waals surface area contributed by atoms with Crippen molar-refractivity contribution in [2.75, 3.05) is 20.3 Å². The van der Waals surface area contributed by atoms with Crippen LogP contribution in [0.15, 0.2) is 41.3 Å². The zero-order chi connectivity index (χ0) is 23.5. The van der Waals surface area contributed by atoms with Crippen LogP contribution in [0.3, 0.4) is 0 Å². The number of ketones is 1. The summed E-state index contributed by atoms with van der Waals surface area (Å²) in [4.78, 5) is 25.1. The Morgan fingerprint density at radius 3 is 2.53 bits per heavy atom. The molecule has 8 heteroatoms. The molecule has 0 aromatic heterocycles. The van der Waals surface area contributed by atoms with Gasteiger partial charge in [-0.1, -0.05) is 24.1 Å². The normalized spacial score (nSPS) is 17.1. The van der Waals surface area contributed by atoms with Gasteiger partial charge in [0.2, 0.25) is 15.8 Å². The van der Waals surface area contributed by atoms with Crippen molar-refractivity contribution in [2.24, 2.45) is 0 Å². The van der Waals surface area contributed by atoms with E-state index in [2.05, 4.69) is 0 Å². The quantitative estimate of drug-likeness (QED) is 0.461. The third-order valence-electron chi connectivity index (χ3n) is 5.76. The van der Waals surface area contributed by atoms with Crippen molar-refractivity contribution in [3.05, 3.63) is 58.7 Å². The number of hydrogen-bond donors (Lipinski definition) is 0. The minimum atomic E-state index is -3.86. The maximum Gasteiger partial charge on any atom is 0.338 e. The van der Waals surface area contributed by atoms with Gasteiger partial charge in [0.25, 0.3) is 0 Å². The van der Waals surface area contributed by atoms with E-state index in [1.165, 1.54) is 29.6 Å². The summed E-state index contributed by atoms with van der Waals surface area (Å²) in [6.45, 7) is 5.56. The summed E-state index contributed by atoms with van der Waals surface area (Å²) in [5, 5.41) is 0. The Bertz CT molecular complexity index is 1130. The third-order valence-corrected chi connectivity index (χ3v) is 7.79. The molecule has 1 fully saturated rings. The van der Waals surface area contributed by atoms with Crippen LogP contribution in [0.2, 0.25) is 0 Å². The van der Waals surface area contributed by atoms with Gasteiger partial charge in [-0.25, -0.2) is 13.2 Å². The Morgan fingerprint density at radius 2 is 1.84 bits per heavy atom. The highest BCUT2D eigenvalue weighted by molar-refractivity contribution is 7.89. The van der Waals surface area contributed by atoms with E-state index in [0.29, 0.717) is 12.1 Å². The van der Waals surface area contributed by atoms with E-state index in [-0.39, 0.29) is 28.0 Å². The molecule has 0 aliphatic carbocycles. The highest BCUT2D eigenvalue weighted by atomic mass is 32.2. The first-order valence-corrected chi connectivity index (χ1v) is 12.1. The predicted molar refractivity (Wildman–Crippen MR) is 121 cm³/mol. The fourth-order valence-electron chi connectivity index (χ4n) is 3.89. The number of sulfonamides is 1. The minimum Gasteiger partial charge on any atom is -0.495 e. The van der Waals surface area contributed by atoms with Gasteiger partial charge in [0.05, 0.1) is 12.7 Å². The van der Waals surface area contributed by atoms with Crippen LogP contribution in [-0.4, -0.2) is 50.8 Å². The van der Waals surface area contributed by atoms with Crippen LogP contribution in [0.1, 0.15) is 58.0 Å². The number of hydrogen-bond acceptors (Lipinski definition) is 6. The Hall–Kier alpha value is -2.71. The van der Waals surface area contributed by atoms with Gasteiger partial charge >= 0.3 is 5.97 Å². The topological polar surface area (TPSA) is 90.0 Å². The highest BCUT2D eigenvalue weighted by Crippen LogP contribution is 2.32. The van der Waals surface area contributed by atoms with Crippen molar-refractivity contribution >= 4 is 21.8 Å². The Morgan fingerprint density at radius 1 is 1.09 bits per heavy atom. The van der Waals surface area contributed by atoms with Gasteiger partial charge in [0, 0.05) is 18.2 Å². The SMILES string of the molecule is COc1ccc(C(=O)OCC(=O)c2cc(C)ccc2C)cc1S(=O)(=O)N1CCCC[C@@H]1C. The second-order valence-corrected chi connectivity index (χ2v) is 10.0. The van der Waals surface area contributed by atoms with E-state index in [0.717, 1.165) is 30.4 Å². The van der Waals surface area contributed by atoms with Gasteiger partial charge in [-0.3, -0.25) is 4.79 Å². The van der Waals surface area contributed by atoms with Gasteiger partial charge in [-0.15, -0.1) is 0 Å². The molecule has 0 radical (unpaired) electrons. The van der Waals surface area contributed by atoms with Gasteiger partial charge in [-0.2, -0.15) is 4.31 Å². The average Bonchev–Trinajstić information content (AvgIpc) is 2.78. The number of nitrogens with zero attached hydrogens (tertiary/aromatic N) is 1. The molecule has 3 rings (SSSR count). The zero-order valence-corrected chi connectivity index (χ0v) is 19.7. The highest BCUT2D eigenvalue weighted by Gasteiger charge is 2.33. The Balaban J connectivity index is 1.82. The van der Waals surface area contributed by atoms with Gasteiger partial charge in [-0.05, 0) is 63.4 Å². The van der Waals surface area contributed by atoms with E-state index < -0.39 is 22.6 Å². The number of ether oxygens (including phenoxy) is 2. The van der Waals surface area contributed by atoms with Crippen LogP contribution >= 0.6 is 0 Å². The van der Waals surface area contributed by atoms with E-state index in [1.807, 2.05) is 32.9 Å². The molecular formula is C24H29NO6S. The molecule has 1 saturated heterocycles. The first-order chi connectivity index (χ1) is 15.1. The maximum absolute atomic E-state index is 13.3. The van der Waals surface area contributed by atoms with Crippen molar-refractivity contribution < 1.29 is 27.5 Å². The molecular weight excluding hydrogens is 430 g/mol. The average molecular weight is 460 g/mol. The van der Waals surface area contributed by atoms with Gasteiger partial charge in [0.1, 0.15) is 10.6 Å². The summed E-state index contributed by atoms with van der Waals surface area (Å²) in [7, 11) is -2.48. The largest absolute Gasteiger partial charge is 0.495 e. The fourth-order valence-corrected chi connectivity index (χ4v) is 5.77. The zero-order valence-electron chi connectivity index (χ0n) is 18.9. The van der Waals surface area contributed by atoms with E-state index in [4.69, 9.17) is 9.47 Å². The van der Waals surface area contributed by atoms with Crippen LogP contribution < -0.4 is 4.74 Å². The van der Waals surface area contributed by atoms with Crippen molar-refractivity contribution in [2.45, 2.75) is 51.0 Å². The minimum absolute atomic E-state index is 0.0443. The molecule has 0 bridgehead atoms. The molecule has 0 N–H and O–H groups in total. The number of carbonyl (C=O) groups excluding carboxylic acids is 2. The number of rotatable bonds is 7. The lowest BCUT2D eigenvalue weighted by Gasteiger charge is -2.32. The van der Waals surface area contributed by atoms with Crippen LogP contribution in [-0.2, 0) is 14.8 Å². The van der Waals surface area contributed by atoms with Crippen molar-refractivity contribution in [1.29, 1.82) is 0 Å². The number of methoxy groups -OCH3 is 1. The van der Waals surface area contributed by atoms with E-state index in [1.54, 1.807) is 6.07 Å². The number of aryl methyl sites for hydroxylation is 2. The van der Waals surface area contributed by atoms with Crippen LogP contribution in [0, 0.1) is 13.8 Å². The van der Waals surface area contributed by atoms with E-state index >= 15 is 0 Å². The summed E-state index contributed by atoms with van der Waals surface area (Å²) < 4.78 is 38.5. The summed E-state index contributed by atoms with van der Waals surface area (Å²) in [5.74, 6) is -0.928. The molecule has 0 unspecified atom stereocenters. The van der Waals surface area contributed by atoms with Crippen molar-refractivity contribution in [3.63, 3.8) is 0 Å². The second-order valence-electron chi connectivity index (χ2n) is 8.14. The molecule has 2 aromatic carbocycles. The molecule has 1 heterocycles. The van der Waals surface area contributed by atoms with Crippen LogP contribution in [0.5, 0.6) is 5.75 Å². The lowest BCUT2D eigenvalue weighted by molar-refractivity contribution is 0.0474. The first kappa shape index (κ1) is 23.9. The monoisotopic (exact) mass is 459 g/mol. The summed E-state index contributed by atoms with van der Waals surface area (Å²) in [5.41, 5.74) is 2.27. The fraction of sp³-hybridized carbons (Fsp3) is 0.417. The van der Waals surface area contributed by atoms with Gasteiger partial charge in [0.15, 0.2) is 6.61 Å². The molecule has 7 nitrogen and oxygen atoms in total. The lowest BCUT2D eigenvalue weighted by atomic mass is 10.0. The number of esters is 1. The van der Waals surface area contributed by atoms with Crippen molar-refractivity contribution in [3.8, 4) is 5.75 Å². The Kier molecular flexibility index (Phi) is 7.36. The summed E-state index contributed by atoms with van der Waals surface area (Å²) in [6, 6.07) is 9.49. The number of Topliss-reactive ketones (excluding diaryl/α,β-unsaturated/α-hetero) is 1. The molecule has 32 heavy (non-hydrogen) atoms. The second kappa shape index (κ2) is 9.83. The molecule has 2 aromatic rings. The summed E-state index contributed by atoms with van der Waals surface area (Å²) >= 11 is 0. The Labute approximate surface area is 189 Å². The van der Waals surface area contributed by atoms with Crippen LogP contribution in [0.4, 0.5) is 0 Å². The molecule has 172 valence electrons. The molecule has 0 spiro atoms. The maximum atomic E-state index is 13.3. The number of piperidine rings is 1. The third kappa shape index (κ3) is 5.02. The molecule has 1 atom stereocenters. The van der Waals surface area contributed by atoms with E-state index in [9.17, 15) is 18.0 Å². The molecule has 1 aliphatic rings. The standard InChI is InChI=1S/C24H29NO6S/c1-16-8-9-17(2)20(13-16)21(26)15-31-24(27)19-10-11-22(30-4)23(14-19)32(28,29)25-12-6-5-7-18(25)3/h8-11,13-14,18H,5-7,12,15H2,1-4H3/t18-/m0/s1.